The highest BCUT2D eigenvalue weighted by Gasteiger charge is 2.08. The normalized spacial score (nSPS) is 10.3. The van der Waals surface area contributed by atoms with Crippen molar-refractivity contribution in [2.75, 3.05) is 0 Å². The summed E-state index contributed by atoms with van der Waals surface area (Å²) >= 11 is 0. The Labute approximate surface area is 85.8 Å². The molecule has 0 aliphatic carbocycles. The van der Waals surface area contributed by atoms with Crippen LogP contribution >= 0.6 is 0 Å². The molecule has 0 saturated heterocycles. The highest BCUT2D eigenvalue weighted by Crippen LogP contribution is 2.03. The van der Waals surface area contributed by atoms with Gasteiger partial charge in [0.1, 0.15) is 11.9 Å². The van der Waals surface area contributed by atoms with Crippen LogP contribution in [0.15, 0.2) is 0 Å². The van der Waals surface area contributed by atoms with Gasteiger partial charge in [-0.15, -0.1) is 0 Å². The Morgan fingerprint density at radius 2 is 1.86 bits per heavy atom. The minimum absolute atomic E-state index is 0.119. The lowest BCUT2D eigenvalue weighted by Crippen LogP contribution is -2.13. The van der Waals surface area contributed by atoms with Gasteiger partial charge in [0.05, 0.1) is 6.42 Å². The van der Waals surface area contributed by atoms with Gasteiger partial charge in [-0.1, -0.05) is 13.3 Å². The maximum absolute atomic E-state index is 11.2. The zero-order chi connectivity index (χ0) is 11.0. The third-order valence-electron chi connectivity index (χ3n) is 1.72. The van der Waals surface area contributed by atoms with Gasteiger partial charge in [0.15, 0.2) is 0 Å². The molecule has 0 aliphatic rings. The van der Waals surface area contributed by atoms with Gasteiger partial charge in [-0.05, 0) is 20.3 Å². The number of esters is 1. The number of ketones is 1. The molecule has 0 aromatic rings. The topological polar surface area (TPSA) is 43.4 Å². The molecule has 0 amide bonds. The molecule has 0 aliphatic heterocycles. The van der Waals surface area contributed by atoms with Crippen molar-refractivity contribution in [3.63, 3.8) is 0 Å². The lowest BCUT2D eigenvalue weighted by molar-refractivity contribution is -0.146. The van der Waals surface area contributed by atoms with Crippen LogP contribution < -0.4 is 0 Å². The quantitative estimate of drug-likeness (QED) is 0.588. The molecular weight excluding hydrogens is 180 g/mol. The van der Waals surface area contributed by atoms with Crippen molar-refractivity contribution in [2.24, 2.45) is 0 Å². The molecule has 2 radical (unpaired) electrons. The number of carbonyl (C=O) groups excluding carboxylic acids is 2. The fourth-order valence-electron chi connectivity index (χ4n) is 0.985. The molecule has 0 N–H and O–H groups in total. The number of hydrogen-bond acceptors (Lipinski definition) is 3. The second kappa shape index (κ2) is 7.54. The fourth-order valence-corrected chi connectivity index (χ4v) is 0.985. The van der Waals surface area contributed by atoms with Crippen LogP contribution in [0.2, 0.25) is 0 Å². The molecule has 14 heavy (non-hydrogen) atoms. The highest BCUT2D eigenvalue weighted by atomic mass is 16.5. The number of carbonyl (C=O) groups is 2. The van der Waals surface area contributed by atoms with Crippen LogP contribution in [0.25, 0.3) is 0 Å². The fraction of sp³-hybridized carbons (Fsp3) is 0.636. The summed E-state index contributed by atoms with van der Waals surface area (Å²) in [5.74, 6) is -0.279. The van der Waals surface area contributed by atoms with E-state index in [-0.39, 0.29) is 18.6 Å². The second-order valence-electron chi connectivity index (χ2n) is 3.25. The van der Waals surface area contributed by atoms with Gasteiger partial charge in [0.25, 0.3) is 0 Å². The van der Waals surface area contributed by atoms with Crippen LogP contribution in [0.3, 0.4) is 0 Å². The molecule has 3 heteroatoms. The Kier molecular flexibility index (Phi) is 7.07. The van der Waals surface area contributed by atoms with Gasteiger partial charge in [-0.3, -0.25) is 9.59 Å². The van der Waals surface area contributed by atoms with Crippen molar-refractivity contribution in [2.45, 2.75) is 45.1 Å². The molecule has 0 heterocycles. The number of hydrogen-bond donors (Lipinski definition) is 0. The van der Waals surface area contributed by atoms with E-state index in [0.29, 0.717) is 6.42 Å². The van der Waals surface area contributed by atoms with Gasteiger partial charge >= 0.3 is 5.97 Å². The Morgan fingerprint density at radius 3 is 2.36 bits per heavy atom. The van der Waals surface area contributed by atoms with Crippen LogP contribution in [0.4, 0.5) is 0 Å². The van der Waals surface area contributed by atoms with Gasteiger partial charge in [-0.2, -0.15) is 0 Å². The van der Waals surface area contributed by atoms with Crippen LogP contribution in [0, 0.1) is 13.8 Å². The molecule has 0 saturated carbocycles. The van der Waals surface area contributed by atoms with Crippen LogP contribution in [-0.2, 0) is 14.3 Å². The third-order valence-corrected chi connectivity index (χ3v) is 1.72. The first kappa shape index (κ1) is 13.1. The standard InChI is InChI=1S/C11H18O3/c1-4-5-6-10(12)7-8-11(13)14-9(2)3/h9H,2-8H2,1H3. The average Bonchev–Trinajstić information content (AvgIpc) is 2.10. The Bertz CT molecular complexity index is 185. The summed E-state index contributed by atoms with van der Waals surface area (Å²) in [6, 6.07) is 0. The second-order valence-corrected chi connectivity index (χ2v) is 3.25. The lowest BCUT2D eigenvalue weighted by Gasteiger charge is -2.06. The summed E-state index contributed by atoms with van der Waals surface area (Å²) in [6.45, 7) is 8.86. The first-order valence-corrected chi connectivity index (χ1v) is 4.93. The summed E-state index contributed by atoms with van der Waals surface area (Å²) in [5.41, 5.74) is 0. The summed E-state index contributed by atoms with van der Waals surface area (Å²) in [5, 5.41) is 0. The van der Waals surface area contributed by atoms with Gasteiger partial charge in [0, 0.05) is 12.8 Å². The molecule has 80 valence electrons. The molecule has 0 spiro atoms. The van der Waals surface area contributed by atoms with Gasteiger partial charge in [0.2, 0.25) is 0 Å². The minimum Gasteiger partial charge on any atom is -0.462 e. The van der Waals surface area contributed by atoms with Gasteiger partial charge in [-0.25, -0.2) is 0 Å². The average molecular weight is 198 g/mol. The van der Waals surface area contributed by atoms with Crippen molar-refractivity contribution >= 4 is 11.8 Å². The summed E-state index contributed by atoms with van der Waals surface area (Å²) in [7, 11) is 0. The monoisotopic (exact) mass is 198 g/mol. The Morgan fingerprint density at radius 1 is 1.21 bits per heavy atom. The van der Waals surface area contributed by atoms with Crippen molar-refractivity contribution in [3.05, 3.63) is 13.8 Å². The first-order chi connectivity index (χ1) is 6.56. The Balaban J connectivity index is 3.51. The molecule has 0 rings (SSSR count). The zero-order valence-electron chi connectivity index (χ0n) is 8.75. The van der Waals surface area contributed by atoms with Crippen molar-refractivity contribution in [1.29, 1.82) is 0 Å². The van der Waals surface area contributed by atoms with Crippen LogP contribution in [-0.4, -0.2) is 17.9 Å². The molecule has 3 nitrogen and oxygen atoms in total. The number of ether oxygens (including phenoxy) is 1. The van der Waals surface area contributed by atoms with E-state index in [1.807, 2.05) is 6.92 Å². The SMILES string of the molecule is [CH2]C([CH2])OC(=O)CCC(=O)CCCC. The van der Waals surface area contributed by atoms with Crippen molar-refractivity contribution < 1.29 is 14.3 Å². The molecule has 0 bridgehead atoms. The molecular formula is C11H18O3. The first-order valence-electron chi connectivity index (χ1n) is 4.93. The van der Waals surface area contributed by atoms with Crippen molar-refractivity contribution in [1.82, 2.24) is 0 Å². The third kappa shape index (κ3) is 7.77. The molecule has 0 fully saturated rings. The minimum atomic E-state index is -0.590. The van der Waals surface area contributed by atoms with E-state index >= 15 is 0 Å². The maximum Gasteiger partial charge on any atom is 0.306 e. The van der Waals surface area contributed by atoms with E-state index in [4.69, 9.17) is 4.74 Å². The summed E-state index contributed by atoms with van der Waals surface area (Å²) < 4.78 is 4.69. The van der Waals surface area contributed by atoms with Crippen LogP contribution in [0.5, 0.6) is 0 Å². The number of rotatable bonds is 7. The molecule has 0 aromatic carbocycles. The van der Waals surface area contributed by atoms with E-state index in [9.17, 15) is 9.59 Å². The predicted octanol–water partition coefficient (Wildman–Crippen LogP) is 2.11. The van der Waals surface area contributed by atoms with E-state index in [1.165, 1.54) is 0 Å². The highest BCUT2D eigenvalue weighted by molar-refractivity contribution is 5.82. The smallest absolute Gasteiger partial charge is 0.306 e. The van der Waals surface area contributed by atoms with Gasteiger partial charge < -0.3 is 4.74 Å². The molecule has 0 aromatic heterocycles. The number of unbranched alkanes of at least 4 members (excludes halogenated alkanes) is 1. The summed E-state index contributed by atoms with van der Waals surface area (Å²) in [4.78, 5) is 22.1. The van der Waals surface area contributed by atoms with E-state index in [2.05, 4.69) is 13.8 Å². The predicted molar refractivity (Wildman–Crippen MR) is 54.4 cm³/mol. The van der Waals surface area contributed by atoms with Crippen LogP contribution in [0.1, 0.15) is 39.0 Å². The van der Waals surface area contributed by atoms with E-state index in [1.54, 1.807) is 0 Å². The Hall–Kier alpha value is -0.860. The van der Waals surface area contributed by atoms with E-state index in [0.717, 1.165) is 12.8 Å². The van der Waals surface area contributed by atoms with E-state index < -0.39 is 12.1 Å². The zero-order valence-corrected chi connectivity index (χ0v) is 8.75. The summed E-state index contributed by atoms with van der Waals surface area (Å²) in [6.07, 6.45) is 2.27. The lowest BCUT2D eigenvalue weighted by atomic mass is 10.1. The number of Topliss-reactive ketones (excluding diaryl/α,β-unsaturated/α-hetero) is 1. The maximum atomic E-state index is 11.2. The molecule has 0 atom stereocenters. The largest absolute Gasteiger partial charge is 0.462 e. The van der Waals surface area contributed by atoms with Crippen molar-refractivity contribution in [3.8, 4) is 0 Å². The molecule has 0 unspecified atom stereocenters.